The second kappa shape index (κ2) is 6.74. The fourth-order valence-electron chi connectivity index (χ4n) is 1.29. The number of hydrazine groups is 1. The molecule has 0 aromatic heterocycles. The molecule has 0 aliphatic carbocycles. The van der Waals surface area contributed by atoms with Crippen LogP contribution in [0.2, 0.25) is 0 Å². The first-order chi connectivity index (χ1) is 8.04. The summed E-state index contributed by atoms with van der Waals surface area (Å²) in [6.07, 6.45) is 0. The smallest absolute Gasteiger partial charge is 0.265 e. The zero-order valence-corrected chi connectivity index (χ0v) is 11.6. The summed E-state index contributed by atoms with van der Waals surface area (Å²) in [6, 6.07) is 5.31. The second-order valence-corrected chi connectivity index (χ2v) is 5.04. The lowest BCUT2D eigenvalue weighted by atomic mass is 10.1. The summed E-state index contributed by atoms with van der Waals surface area (Å²) in [7, 11) is 0. The topological polar surface area (TPSA) is 64.3 Å². The summed E-state index contributed by atoms with van der Waals surface area (Å²) in [4.78, 5) is 11.3. The average Bonchev–Trinajstić information content (AvgIpc) is 2.29. The van der Waals surface area contributed by atoms with Gasteiger partial charge in [0.05, 0.1) is 6.61 Å². The third-order valence-electron chi connectivity index (χ3n) is 2.16. The Bertz CT molecular complexity index is 394. The highest BCUT2D eigenvalue weighted by Gasteiger charge is 2.07. The Kier molecular flexibility index (Phi) is 5.61. The van der Waals surface area contributed by atoms with E-state index in [0.29, 0.717) is 18.1 Å². The first kappa shape index (κ1) is 14.2. The van der Waals surface area contributed by atoms with E-state index in [1.54, 1.807) is 12.1 Å². The molecule has 17 heavy (non-hydrogen) atoms. The number of hydrogen-bond donors (Lipinski definition) is 2. The Morgan fingerprint density at radius 2 is 2.24 bits per heavy atom. The van der Waals surface area contributed by atoms with E-state index in [2.05, 4.69) is 35.2 Å². The molecule has 0 spiro atoms. The molecule has 0 radical (unpaired) electrons. The molecule has 0 fully saturated rings. The number of carbonyl (C=O) groups excluding carboxylic acids is 1. The SMILES string of the molecule is CC(C)COCc1ccc(C(=O)NN)cc1Br. The van der Waals surface area contributed by atoms with Crippen molar-refractivity contribution < 1.29 is 9.53 Å². The van der Waals surface area contributed by atoms with Gasteiger partial charge in [-0.05, 0) is 23.6 Å². The molecule has 5 heteroatoms. The number of hydrogen-bond acceptors (Lipinski definition) is 3. The summed E-state index contributed by atoms with van der Waals surface area (Å²) in [6.45, 7) is 5.45. The number of ether oxygens (including phenoxy) is 1. The van der Waals surface area contributed by atoms with Gasteiger partial charge in [0, 0.05) is 16.6 Å². The summed E-state index contributed by atoms with van der Waals surface area (Å²) >= 11 is 3.41. The van der Waals surface area contributed by atoms with Gasteiger partial charge in [-0.1, -0.05) is 35.8 Å². The van der Waals surface area contributed by atoms with Gasteiger partial charge in [0.25, 0.3) is 5.91 Å². The molecule has 0 bridgehead atoms. The zero-order chi connectivity index (χ0) is 12.8. The third-order valence-corrected chi connectivity index (χ3v) is 2.89. The number of carbonyl (C=O) groups is 1. The van der Waals surface area contributed by atoms with E-state index in [4.69, 9.17) is 10.6 Å². The Morgan fingerprint density at radius 3 is 2.76 bits per heavy atom. The van der Waals surface area contributed by atoms with Crippen LogP contribution in [-0.2, 0) is 11.3 Å². The van der Waals surface area contributed by atoms with Crippen molar-refractivity contribution in [1.82, 2.24) is 5.43 Å². The van der Waals surface area contributed by atoms with E-state index in [1.807, 2.05) is 6.07 Å². The predicted octanol–water partition coefficient (Wildman–Crippen LogP) is 2.23. The Balaban J connectivity index is 2.66. The molecular formula is C12H17BrN2O2. The van der Waals surface area contributed by atoms with Crippen LogP contribution < -0.4 is 11.3 Å². The Hall–Kier alpha value is -0.910. The van der Waals surface area contributed by atoms with Crippen molar-refractivity contribution in [2.45, 2.75) is 20.5 Å². The summed E-state index contributed by atoms with van der Waals surface area (Å²) < 4.78 is 6.38. The quantitative estimate of drug-likeness (QED) is 0.498. The van der Waals surface area contributed by atoms with E-state index in [-0.39, 0.29) is 5.91 Å². The third kappa shape index (κ3) is 4.46. The first-order valence-corrected chi connectivity index (χ1v) is 6.21. The highest BCUT2D eigenvalue weighted by atomic mass is 79.9. The minimum atomic E-state index is -0.305. The molecular weight excluding hydrogens is 284 g/mol. The van der Waals surface area contributed by atoms with Crippen molar-refractivity contribution in [3.05, 3.63) is 33.8 Å². The van der Waals surface area contributed by atoms with Crippen LogP contribution in [-0.4, -0.2) is 12.5 Å². The maximum atomic E-state index is 11.3. The van der Waals surface area contributed by atoms with Crippen molar-refractivity contribution in [3.8, 4) is 0 Å². The molecule has 0 saturated carbocycles. The van der Waals surface area contributed by atoms with Crippen molar-refractivity contribution in [1.29, 1.82) is 0 Å². The van der Waals surface area contributed by atoms with Gasteiger partial charge in [0.1, 0.15) is 0 Å². The van der Waals surface area contributed by atoms with Crippen molar-refractivity contribution in [2.75, 3.05) is 6.61 Å². The van der Waals surface area contributed by atoms with Crippen molar-refractivity contribution in [2.24, 2.45) is 11.8 Å². The second-order valence-electron chi connectivity index (χ2n) is 4.19. The van der Waals surface area contributed by atoms with E-state index < -0.39 is 0 Å². The van der Waals surface area contributed by atoms with Crippen molar-refractivity contribution >= 4 is 21.8 Å². The standard InChI is InChI=1S/C12H17BrN2O2/c1-8(2)6-17-7-10-4-3-9(5-11(10)13)12(16)15-14/h3-5,8H,6-7,14H2,1-2H3,(H,15,16). The van der Waals surface area contributed by atoms with Crippen LogP contribution in [0.25, 0.3) is 0 Å². The Labute approximate surface area is 110 Å². The van der Waals surface area contributed by atoms with Gasteiger partial charge in [-0.25, -0.2) is 5.84 Å². The lowest BCUT2D eigenvalue weighted by molar-refractivity contribution is 0.0948. The number of amides is 1. The highest BCUT2D eigenvalue weighted by Crippen LogP contribution is 2.19. The molecule has 1 rings (SSSR count). The van der Waals surface area contributed by atoms with Crippen LogP contribution in [0.1, 0.15) is 29.8 Å². The maximum Gasteiger partial charge on any atom is 0.265 e. The van der Waals surface area contributed by atoms with Gasteiger partial charge in [0.15, 0.2) is 0 Å². The van der Waals surface area contributed by atoms with Crippen LogP contribution in [0.3, 0.4) is 0 Å². The fraction of sp³-hybridized carbons (Fsp3) is 0.417. The molecule has 1 aromatic rings. The number of nitrogens with two attached hydrogens (primary N) is 1. The van der Waals surface area contributed by atoms with Crippen molar-refractivity contribution in [3.63, 3.8) is 0 Å². The monoisotopic (exact) mass is 300 g/mol. The summed E-state index contributed by atoms with van der Waals surface area (Å²) in [5, 5.41) is 0. The molecule has 0 heterocycles. The normalized spacial score (nSPS) is 10.6. The van der Waals surface area contributed by atoms with Gasteiger partial charge in [-0.15, -0.1) is 0 Å². The molecule has 4 nitrogen and oxygen atoms in total. The number of nitrogen functional groups attached to an aromatic ring is 1. The molecule has 94 valence electrons. The lowest BCUT2D eigenvalue weighted by Gasteiger charge is -2.09. The number of rotatable bonds is 5. The summed E-state index contributed by atoms with van der Waals surface area (Å²) in [5.41, 5.74) is 3.63. The number of halogens is 1. The van der Waals surface area contributed by atoms with E-state index in [0.717, 1.165) is 16.6 Å². The van der Waals surface area contributed by atoms with Crippen LogP contribution in [0.5, 0.6) is 0 Å². The largest absolute Gasteiger partial charge is 0.376 e. The Morgan fingerprint density at radius 1 is 1.53 bits per heavy atom. The van der Waals surface area contributed by atoms with Crippen LogP contribution >= 0.6 is 15.9 Å². The van der Waals surface area contributed by atoms with Gasteiger partial charge < -0.3 is 4.74 Å². The van der Waals surface area contributed by atoms with E-state index >= 15 is 0 Å². The summed E-state index contributed by atoms with van der Waals surface area (Å²) in [5.74, 6) is 5.27. The lowest BCUT2D eigenvalue weighted by Crippen LogP contribution is -2.29. The molecule has 0 unspecified atom stereocenters. The number of nitrogens with one attached hydrogen (secondary N) is 1. The number of benzene rings is 1. The van der Waals surface area contributed by atoms with Crippen LogP contribution in [0.4, 0.5) is 0 Å². The maximum absolute atomic E-state index is 11.3. The molecule has 1 amide bonds. The van der Waals surface area contributed by atoms with Crippen LogP contribution in [0.15, 0.2) is 22.7 Å². The van der Waals surface area contributed by atoms with Gasteiger partial charge >= 0.3 is 0 Å². The van der Waals surface area contributed by atoms with E-state index in [9.17, 15) is 4.79 Å². The van der Waals surface area contributed by atoms with Crippen LogP contribution in [0, 0.1) is 5.92 Å². The van der Waals surface area contributed by atoms with E-state index in [1.165, 1.54) is 0 Å². The molecule has 0 aliphatic rings. The molecule has 0 saturated heterocycles. The van der Waals surface area contributed by atoms with Gasteiger partial charge in [0.2, 0.25) is 0 Å². The first-order valence-electron chi connectivity index (χ1n) is 5.41. The molecule has 3 N–H and O–H groups in total. The predicted molar refractivity (Wildman–Crippen MR) is 70.3 cm³/mol. The highest BCUT2D eigenvalue weighted by molar-refractivity contribution is 9.10. The molecule has 0 aliphatic heterocycles. The minimum absolute atomic E-state index is 0.305. The minimum Gasteiger partial charge on any atom is -0.376 e. The fourth-order valence-corrected chi connectivity index (χ4v) is 1.79. The average molecular weight is 301 g/mol. The van der Waals surface area contributed by atoms with Gasteiger partial charge in [-0.3, -0.25) is 10.2 Å². The van der Waals surface area contributed by atoms with Gasteiger partial charge in [-0.2, -0.15) is 0 Å². The zero-order valence-electron chi connectivity index (χ0n) is 10.00. The molecule has 1 aromatic carbocycles. The molecule has 0 atom stereocenters.